The lowest BCUT2D eigenvalue weighted by Gasteiger charge is -2.28. The van der Waals surface area contributed by atoms with Crippen LogP contribution in [0.2, 0.25) is 0 Å². The minimum Gasteiger partial charge on any atom is -0.490 e. The molecule has 1 saturated carbocycles. The Labute approximate surface area is 111 Å². The Kier molecular flexibility index (Phi) is 4.65. The predicted octanol–water partition coefficient (Wildman–Crippen LogP) is 4.05. The normalized spacial score (nSPS) is 25.7. The first-order valence-electron chi connectivity index (χ1n) is 7.21. The summed E-state index contributed by atoms with van der Waals surface area (Å²) < 4.78 is 6.04. The zero-order chi connectivity index (χ0) is 13.0. The molecule has 0 radical (unpaired) electrons. The Morgan fingerprint density at radius 1 is 1.17 bits per heavy atom. The number of ether oxygens (including phenoxy) is 1. The summed E-state index contributed by atoms with van der Waals surface area (Å²) in [5.41, 5.74) is 7.00. The van der Waals surface area contributed by atoms with Gasteiger partial charge >= 0.3 is 0 Å². The van der Waals surface area contributed by atoms with Gasteiger partial charge in [-0.1, -0.05) is 25.5 Å². The van der Waals surface area contributed by atoms with Gasteiger partial charge in [0.25, 0.3) is 0 Å². The molecule has 1 fully saturated rings. The van der Waals surface area contributed by atoms with E-state index in [1.54, 1.807) is 0 Å². The molecule has 2 nitrogen and oxygen atoms in total. The SMILES string of the molecule is CCC1CCC(Oc2ccc([C@H](C)N)cc2)CC1. The van der Waals surface area contributed by atoms with Gasteiger partial charge < -0.3 is 10.5 Å². The first kappa shape index (κ1) is 13.4. The summed E-state index contributed by atoms with van der Waals surface area (Å²) in [4.78, 5) is 0. The average Bonchev–Trinajstić information content (AvgIpc) is 2.40. The molecule has 0 spiro atoms. The molecular formula is C16H25NO. The highest BCUT2D eigenvalue weighted by Gasteiger charge is 2.21. The van der Waals surface area contributed by atoms with Crippen LogP contribution in [0.4, 0.5) is 0 Å². The van der Waals surface area contributed by atoms with Crippen LogP contribution in [0, 0.1) is 5.92 Å². The van der Waals surface area contributed by atoms with E-state index in [-0.39, 0.29) is 6.04 Å². The molecule has 0 aromatic heterocycles. The Morgan fingerprint density at radius 3 is 2.28 bits per heavy atom. The summed E-state index contributed by atoms with van der Waals surface area (Å²) in [6.45, 7) is 4.29. The van der Waals surface area contributed by atoms with Crippen molar-refractivity contribution in [3.05, 3.63) is 29.8 Å². The van der Waals surface area contributed by atoms with Crippen molar-refractivity contribution in [3.8, 4) is 5.75 Å². The van der Waals surface area contributed by atoms with E-state index in [2.05, 4.69) is 19.1 Å². The van der Waals surface area contributed by atoms with Gasteiger partial charge in [0.2, 0.25) is 0 Å². The predicted molar refractivity (Wildman–Crippen MR) is 75.7 cm³/mol. The maximum atomic E-state index is 6.04. The van der Waals surface area contributed by atoms with Gasteiger partial charge in [0.15, 0.2) is 0 Å². The Balaban J connectivity index is 1.86. The van der Waals surface area contributed by atoms with E-state index in [1.807, 2.05) is 19.1 Å². The van der Waals surface area contributed by atoms with Crippen molar-refractivity contribution in [1.82, 2.24) is 0 Å². The Hall–Kier alpha value is -1.02. The monoisotopic (exact) mass is 247 g/mol. The van der Waals surface area contributed by atoms with Gasteiger partial charge in [-0.05, 0) is 56.2 Å². The molecule has 0 aliphatic heterocycles. The molecule has 2 heteroatoms. The summed E-state index contributed by atoms with van der Waals surface area (Å²) in [5.74, 6) is 1.91. The van der Waals surface area contributed by atoms with Crippen LogP contribution in [0.3, 0.4) is 0 Å². The largest absolute Gasteiger partial charge is 0.490 e. The van der Waals surface area contributed by atoms with Crippen LogP contribution >= 0.6 is 0 Å². The van der Waals surface area contributed by atoms with Gasteiger partial charge in [0, 0.05) is 6.04 Å². The highest BCUT2D eigenvalue weighted by atomic mass is 16.5. The Bertz CT molecular complexity index is 350. The topological polar surface area (TPSA) is 35.2 Å². The molecule has 0 unspecified atom stereocenters. The third kappa shape index (κ3) is 3.49. The molecule has 2 N–H and O–H groups in total. The molecule has 1 aromatic rings. The standard InChI is InChI=1S/C16H25NO/c1-3-13-4-8-15(9-5-13)18-16-10-6-14(7-11-16)12(2)17/h6-7,10-13,15H,3-5,8-9,17H2,1-2H3/t12-,13?,15?/m0/s1. The van der Waals surface area contributed by atoms with Crippen LogP contribution in [0.15, 0.2) is 24.3 Å². The molecule has 0 saturated heterocycles. The third-order valence-electron chi connectivity index (χ3n) is 4.08. The van der Waals surface area contributed by atoms with E-state index < -0.39 is 0 Å². The van der Waals surface area contributed by atoms with Crippen molar-refractivity contribution in [2.75, 3.05) is 0 Å². The molecule has 1 aromatic carbocycles. The van der Waals surface area contributed by atoms with Crippen LogP contribution in [0.25, 0.3) is 0 Å². The van der Waals surface area contributed by atoms with E-state index in [0.29, 0.717) is 6.10 Å². The van der Waals surface area contributed by atoms with Gasteiger partial charge in [0.1, 0.15) is 5.75 Å². The molecule has 0 amide bonds. The second-order valence-electron chi connectivity index (χ2n) is 5.53. The number of nitrogens with two attached hydrogens (primary N) is 1. The van der Waals surface area contributed by atoms with Gasteiger partial charge in [-0.25, -0.2) is 0 Å². The number of hydrogen-bond donors (Lipinski definition) is 1. The van der Waals surface area contributed by atoms with Crippen LogP contribution in [-0.2, 0) is 0 Å². The molecule has 18 heavy (non-hydrogen) atoms. The quantitative estimate of drug-likeness (QED) is 0.871. The van der Waals surface area contributed by atoms with Crippen LogP contribution in [-0.4, -0.2) is 6.10 Å². The lowest BCUT2D eigenvalue weighted by molar-refractivity contribution is 0.130. The smallest absolute Gasteiger partial charge is 0.119 e. The summed E-state index contributed by atoms with van der Waals surface area (Å²) in [7, 11) is 0. The van der Waals surface area contributed by atoms with Crippen molar-refractivity contribution in [2.45, 2.75) is 58.1 Å². The zero-order valence-electron chi connectivity index (χ0n) is 11.6. The molecule has 2 rings (SSSR count). The fraction of sp³-hybridized carbons (Fsp3) is 0.625. The summed E-state index contributed by atoms with van der Waals surface area (Å²) >= 11 is 0. The van der Waals surface area contributed by atoms with Crippen LogP contribution in [0.5, 0.6) is 5.75 Å². The molecule has 0 bridgehead atoms. The van der Waals surface area contributed by atoms with Crippen molar-refractivity contribution < 1.29 is 4.74 Å². The summed E-state index contributed by atoms with van der Waals surface area (Å²) in [6, 6.07) is 8.32. The van der Waals surface area contributed by atoms with Gasteiger partial charge in [0.05, 0.1) is 6.10 Å². The fourth-order valence-electron chi connectivity index (χ4n) is 2.70. The summed E-state index contributed by atoms with van der Waals surface area (Å²) in [5, 5.41) is 0. The van der Waals surface area contributed by atoms with Crippen LogP contribution in [0.1, 0.15) is 57.6 Å². The van der Waals surface area contributed by atoms with Gasteiger partial charge in [-0.3, -0.25) is 0 Å². The highest BCUT2D eigenvalue weighted by Crippen LogP contribution is 2.29. The van der Waals surface area contributed by atoms with E-state index in [0.717, 1.165) is 17.2 Å². The van der Waals surface area contributed by atoms with Crippen LogP contribution < -0.4 is 10.5 Å². The summed E-state index contributed by atoms with van der Waals surface area (Å²) in [6.07, 6.45) is 6.77. The van der Waals surface area contributed by atoms with Gasteiger partial charge in [-0.2, -0.15) is 0 Å². The molecular weight excluding hydrogens is 222 g/mol. The van der Waals surface area contributed by atoms with Crippen molar-refractivity contribution >= 4 is 0 Å². The lowest BCUT2D eigenvalue weighted by Crippen LogP contribution is -2.23. The first-order chi connectivity index (χ1) is 8.69. The second-order valence-corrected chi connectivity index (χ2v) is 5.53. The minimum absolute atomic E-state index is 0.0963. The second kappa shape index (κ2) is 6.24. The maximum Gasteiger partial charge on any atom is 0.119 e. The van der Waals surface area contributed by atoms with E-state index in [1.165, 1.54) is 32.1 Å². The van der Waals surface area contributed by atoms with E-state index in [9.17, 15) is 0 Å². The highest BCUT2D eigenvalue weighted by molar-refractivity contribution is 5.28. The maximum absolute atomic E-state index is 6.04. The molecule has 1 aliphatic carbocycles. The minimum atomic E-state index is 0.0963. The third-order valence-corrected chi connectivity index (χ3v) is 4.08. The molecule has 100 valence electrons. The molecule has 0 heterocycles. The van der Waals surface area contributed by atoms with E-state index >= 15 is 0 Å². The van der Waals surface area contributed by atoms with Crippen molar-refractivity contribution in [3.63, 3.8) is 0 Å². The number of rotatable bonds is 4. The Morgan fingerprint density at radius 2 is 1.78 bits per heavy atom. The molecule has 1 atom stereocenters. The lowest BCUT2D eigenvalue weighted by atomic mass is 9.86. The molecule has 1 aliphatic rings. The van der Waals surface area contributed by atoms with Crippen molar-refractivity contribution in [1.29, 1.82) is 0 Å². The van der Waals surface area contributed by atoms with Gasteiger partial charge in [-0.15, -0.1) is 0 Å². The first-order valence-corrected chi connectivity index (χ1v) is 7.21. The van der Waals surface area contributed by atoms with Crippen molar-refractivity contribution in [2.24, 2.45) is 11.7 Å². The number of benzene rings is 1. The van der Waals surface area contributed by atoms with E-state index in [4.69, 9.17) is 10.5 Å². The fourth-order valence-corrected chi connectivity index (χ4v) is 2.70. The zero-order valence-corrected chi connectivity index (χ0v) is 11.6. The average molecular weight is 247 g/mol. The number of hydrogen-bond acceptors (Lipinski definition) is 2.